The van der Waals surface area contributed by atoms with Crippen LogP contribution in [0.3, 0.4) is 0 Å². The summed E-state index contributed by atoms with van der Waals surface area (Å²) in [7, 11) is 2.00. The summed E-state index contributed by atoms with van der Waals surface area (Å²) < 4.78 is 35.6. The molecule has 32 heavy (non-hydrogen) atoms. The summed E-state index contributed by atoms with van der Waals surface area (Å²) in [4.78, 5) is 31.8. The molecule has 0 amide bonds. The molecule has 0 saturated heterocycles. The summed E-state index contributed by atoms with van der Waals surface area (Å²) in [6.07, 6.45) is -0.566. The summed E-state index contributed by atoms with van der Waals surface area (Å²) in [5.74, 6) is -3.17. The second kappa shape index (κ2) is 8.29. The number of alkyl halides is 3. The SMILES string of the molecule is C[N+]1=C2C=C(N)C(=O)c3c2c(cn3Cc2ccc([N+](=O)[O-])cc2)CC1.O=C([O-])C(F)(F)F. The zero-order chi connectivity index (χ0) is 23.8. The van der Waals surface area contributed by atoms with Crippen molar-refractivity contribution in [2.45, 2.75) is 19.1 Å². The summed E-state index contributed by atoms with van der Waals surface area (Å²) >= 11 is 0. The van der Waals surface area contributed by atoms with Crippen molar-refractivity contribution in [3.63, 3.8) is 0 Å². The smallest absolute Gasteiger partial charge is 0.430 e. The Balaban J connectivity index is 0.000000360. The van der Waals surface area contributed by atoms with Crippen LogP contribution in [0.1, 0.15) is 27.2 Å². The largest absolute Gasteiger partial charge is 0.542 e. The second-order valence-electron chi connectivity index (χ2n) is 7.20. The Morgan fingerprint density at radius 2 is 1.88 bits per heavy atom. The molecule has 1 aromatic heterocycles. The summed E-state index contributed by atoms with van der Waals surface area (Å²) in [5.41, 5.74) is 10.8. The van der Waals surface area contributed by atoms with E-state index in [1.807, 2.05) is 17.8 Å². The maximum Gasteiger partial charge on any atom is 0.430 e. The van der Waals surface area contributed by atoms with Gasteiger partial charge in [0.1, 0.15) is 25.3 Å². The Morgan fingerprint density at radius 3 is 2.41 bits per heavy atom. The molecular formula is C20H17F3N4O5. The normalized spacial score (nSPS) is 14.9. The van der Waals surface area contributed by atoms with Gasteiger partial charge in [-0.2, -0.15) is 13.2 Å². The number of benzene rings is 1. The highest BCUT2D eigenvalue weighted by atomic mass is 19.4. The molecule has 12 heteroatoms. The van der Waals surface area contributed by atoms with Crippen molar-refractivity contribution in [2.24, 2.45) is 5.73 Å². The number of nitrogens with two attached hydrogens (primary N) is 1. The third-order valence-corrected chi connectivity index (χ3v) is 5.04. The zero-order valence-corrected chi connectivity index (χ0v) is 16.7. The first-order chi connectivity index (χ1) is 14.9. The maximum absolute atomic E-state index is 12.6. The van der Waals surface area contributed by atoms with E-state index in [0.717, 1.165) is 35.4 Å². The van der Waals surface area contributed by atoms with Crippen LogP contribution in [-0.2, 0) is 17.8 Å². The first kappa shape index (κ1) is 22.7. The van der Waals surface area contributed by atoms with Gasteiger partial charge in [0.25, 0.3) is 5.69 Å². The molecule has 168 valence electrons. The molecule has 0 spiro atoms. The highest BCUT2D eigenvalue weighted by molar-refractivity contribution is 6.24. The van der Waals surface area contributed by atoms with Crippen LogP contribution in [0.2, 0.25) is 0 Å². The van der Waals surface area contributed by atoms with E-state index >= 15 is 0 Å². The number of nitrogens with zero attached hydrogens (tertiary/aromatic N) is 3. The topological polar surface area (TPSA) is 134 Å². The Kier molecular flexibility index (Phi) is 5.88. The zero-order valence-electron chi connectivity index (χ0n) is 16.7. The number of nitro groups is 1. The van der Waals surface area contributed by atoms with E-state index in [-0.39, 0.29) is 17.2 Å². The molecule has 1 aliphatic carbocycles. The first-order valence-electron chi connectivity index (χ1n) is 9.24. The number of ketones is 1. The Bertz CT molecular complexity index is 1180. The number of carboxylic acid groups (broad SMARTS) is 1. The molecular weight excluding hydrogens is 433 g/mol. The van der Waals surface area contributed by atoms with Crippen molar-refractivity contribution in [3.05, 3.63) is 74.7 Å². The molecule has 4 rings (SSSR count). The standard InChI is InChI=1S/C18H16N4O3.C2HF3O2/c1-20-7-6-12-10-21(9-11-2-4-13(5-3-11)22(24)25)17-16(12)15(20)8-14(19)18(17)23;3-2(4,5)1(6)7/h2-5,8,10,19H,6-7,9H2,1H3;(H,6,7). The second-order valence-corrected chi connectivity index (χ2v) is 7.20. The molecule has 1 aliphatic heterocycles. The van der Waals surface area contributed by atoms with E-state index in [4.69, 9.17) is 15.6 Å². The van der Waals surface area contributed by atoms with Crippen LogP contribution in [0.15, 0.2) is 42.2 Å². The highest BCUT2D eigenvalue weighted by Gasteiger charge is 2.36. The van der Waals surface area contributed by atoms with Crippen molar-refractivity contribution < 1.29 is 37.4 Å². The van der Waals surface area contributed by atoms with E-state index < -0.39 is 17.1 Å². The van der Waals surface area contributed by atoms with E-state index in [9.17, 15) is 28.1 Å². The predicted octanol–water partition coefficient (Wildman–Crippen LogP) is 0.770. The summed E-state index contributed by atoms with van der Waals surface area (Å²) in [6, 6.07) is 6.39. The molecule has 0 fully saturated rings. The molecule has 2 aliphatic rings. The van der Waals surface area contributed by atoms with Gasteiger partial charge in [-0.3, -0.25) is 14.9 Å². The fourth-order valence-electron chi connectivity index (χ4n) is 3.51. The lowest BCUT2D eigenvalue weighted by Crippen LogP contribution is -2.37. The molecule has 0 saturated carbocycles. The molecule has 2 heterocycles. The Morgan fingerprint density at radius 1 is 1.28 bits per heavy atom. The number of aliphatic carboxylic acids is 1. The lowest BCUT2D eigenvalue weighted by molar-refractivity contribution is -0.497. The number of hydrogen-bond donors (Lipinski definition) is 1. The molecule has 0 bridgehead atoms. The van der Waals surface area contributed by atoms with E-state index in [0.29, 0.717) is 12.2 Å². The quantitative estimate of drug-likeness (QED) is 0.417. The first-order valence-corrected chi connectivity index (χ1v) is 9.24. The Hall–Kier alpha value is -3.96. The van der Waals surface area contributed by atoms with Crippen LogP contribution in [0, 0.1) is 10.1 Å². The number of carbonyl (C=O) groups is 2. The molecule has 2 N–H and O–H groups in total. The molecule has 9 nitrogen and oxygen atoms in total. The molecule has 1 aromatic carbocycles. The predicted molar refractivity (Wildman–Crippen MR) is 103 cm³/mol. The van der Waals surface area contributed by atoms with Crippen molar-refractivity contribution in [2.75, 3.05) is 13.6 Å². The van der Waals surface area contributed by atoms with Crippen molar-refractivity contribution in [1.82, 2.24) is 4.57 Å². The number of carboxylic acids is 1. The molecule has 2 aromatic rings. The lowest BCUT2D eigenvalue weighted by atomic mass is 9.92. The molecule has 0 unspecified atom stereocenters. The van der Waals surface area contributed by atoms with Gasteiger partial charge >= 0.3 is 6.18 Å². The van der Waals surface area contributed by atoms with E-state index in [2.05, 4.69) is 4.58 Å². The number of rotatable bonds is 3. The van der Waals surface area contributed by atoms with Crippen molar-refractivity contribution in [1.29, 1.82) is 0 Å². The highest BCUT2D eigenvalue weighted by Crippen LogP contribution is 2.29. The van der Waals surface area contributed by atoms with Gasteiger partial charge in [0.2, 0.25) is 11.5 Å². The number of Topliss-reactive ketones (excluding diaryl/α,β-unsaturated/α-hetero) is 1. The monoisotopic (exact) mass is 450 g/mol. The lowest BCUT2D eigenvalue weighted by Gasteiger charge is -2.17. The summed E-state index contributed by atoms with van der Waals surface area (Å²) in [5, 5.41) is 19.6. The van der Waals surface area contributed by atoms with E-state index in [1.54, 1.807) is 18.2 Å². The van der Waals surface area contributed by atoms with Gasteiger partial charge in [0, 0.05) is 37.4 Å². The van der Waals surface area contributed by atoms with Crippen LogP contribution in [0.5, 0.6) is 0 Å². The number of likely N-dealkylation sites (N-methyl/N-ethyl adjacent to an activating group) is 1. The number of halogens is 3. The fraction of sp³-hybridized carbons (Fsp3) is 0.250. The van der Waals surface area contributed by atoms with Gasteiger partial charge in [-0.1, -0.05) is 12.1 Å². The number of aromatic nitrogens is 1. The van der Waals surface area contributed by atoms with Gasteiger partial charge in [0.15, 0.2) is 0 Å². The number of non-ortho nitro benzene ring substituents is 1. The third-order valence-electron chi connectivity index (χ3n) is 5.04. The maximum atomic E-state index is 12.6. The summed E-state index contributed by atoms with van der Waals surface area (Å²) in [6.45, 7) is 1.34. The number of nitro benzene ring substituents is 1. The fourth-order valence-corrected chi connectivity index (χ4v) is 3.51. The average molecular weight is 450 g/mol. The number of hydrogen-bond acceptors (Lipinski definition) is 6. The minimum absolute atomic E-state index is 0.0531. The van der Waals surface area contributed by atoms with Gasteiger partial charge in [0.05, 0.1) is 16.2 Å². The Labute approximate surface area is 179 Å². The van der Waals surface area contributed by atoms with Crippen LogP contribution in [0.4, 0.5) is 18.9 Å². The van der Waals surface area contributed by atoms with Crippen LogP contribution in [0.25, 0.3) is 0 Å². The van der Waals surface area contributed by atoms with Crippen molar-refractivity contribution >= 4 is 23.2 Å². The molecule has 0 atom stereocenters. The average Bonchev–Trinajstić information content (AvgIpc) is 3.07. The van der Waals surface area contributed by atoms with Gasteiger partial charge in [-0.05, 0) is 11.1 Å². The van der Waals surface area contributed by atoms with Gasteiger partial charge in [-0.25, -0.2) is 4.58 Å². The molecule has 0 radical (unpaired) electrons. The third kappa shape index (κ3) is 4.38. The van der Waals surface area contributed by atoms with Crippen molar-refractivity contribution in [3.8, 4) is 0 Å². The van der Waals surface area contributed by atoms with Crippen LogP contribution in [-0.4, -0.2) is 51.3 Å². The minimum Gasteiger partial charge on any atom is -0.542 e. The number of allylic oxidation sites excluding steroid dienone is 2. The van der Waals surface area contributed by atoms with Gasteiger partial charge in [-0.15, -0.1) is 0 Å². The van der Waals surface area contributed by atoms with Crippen LogP contribution < -0.4 is 10.8 Å². The van der Waals surface area contributed by atoms with Crippen LogP contribution >= 0.6 is 0 Å². The number of carbonyl (C=O) groups excluding carboxylic acids is 2. The van der Waals surface area contributed by atoms with Gasteiger partial charge < -0.3 is 20.2 Å². The van der Waals surface area contributed by atoms with E-state index in [1.165, 1.54) is 12.1 Å². The minimum atomic E-state index is -5.19.